The van der Waals surface area contributed by atoms with Crippen LogP contribution in [-0.4, -0.2) is 9.78 Å². The van der Waals surface area contributed by atoms with Gasteiger partial charge in [-0.05, 0) is 24.6 Å². The molecule has 0 saturated carbocycles. The molecule has 0 bridgehead atoms. The zero-order valence-electron chi connectivity index (χ0n) is 8.09. The first kappa shape index (κ1) is 8.75. The smallest absolute Gasteiger partial charge is 0.0717 e. The Bertz CT molecular complexity index is 427. The van der Waals surface area contributed by atoms with Crippen LogP contribution in [0, 0.1) is 0 Å². The summed E-state index contributed by atoms with van der Waals surface area (Å²) in [6.07, 6.45) is 7.84. The highest BCUT2D eigenvalue weighted by atomic mass is 15.3. The normalized spacial score (nSPS) is 10.9. The number of nitrogens with zero attached hydrogens (tertiary/aromatic N) is 2. The predicted octanol–water partition coefficient (Wildman–Crippen LogP) is 2.91. The maximum atomic E-state index is 4.21. The van der Waals surface area contributed by atoms with Crippen LogP contribution in [0.4, 0.5) is 0 Å². The van der Waals surface area contributed by atoms with Gasteiger partial charge in [0, 0.05) is 12.4 Å². The number of hydrogen-bond donors (Lipinski definition) is 0. The summed E-state index contributed by atoms with van der Waals surface area (Å²) >= 11 is 0. The Balaban J connectivity index is 2.52. The van der Waals surface area contributed by atoms with Gasteiger partial charge in [-0.1, -0.05) is 30.4 Å². The third-order valence-electron chi connectivity index (χ3n) is 2.03. The van der Waals surface area contributed by atoms with Crippen LogP contribution >= 0.6 is 0 Å². The van der Waals surface area contributed by atoms with Gasteiger partial charge in [-0.25, -0.2) is 4.68 Å². The second-order valence-electron chi connectivity index (χ2n) is 3.01. The molecular weight excluding hydrogens is 172 g/mol. The third-order valence-corrected chi connectivity index (χ3v) is 2.03. The summed E-state index contributed by atoms with van der Waals surface area (Å²) in [5.41, 5.74) is 2.29. The lowest BCUT2D eigenvalue weighted by Crippen LogP contribution is -1.96. The van der Waals surface area contributed by atoms with Crippen LogP contribution in [0.1, 0.15) is 12.5 Å². The average molecular weight is 184 g/mol. The van der Waals surface area contributed by atoms with Crippen molar-refractivity contribution in [2.75, 3.05) is 0 Å². The van der Waals surface area contributed by atoms with Crippen molar-refractivity contribution >= 4 is 6.08 Å². The molecule has 0 spiro atoms. The number of rotatable bonds is 2. The minimum Gasteiger partial charge on any atom is -0.240 e. The second kappa shape index (κ2) is 3.92. The summed E-state index contributed by atoms with van der Waals surface area (Å²) in [6, 6.07) is 10.1. The van der Waals surface area contributed by atoms with Gasteiger partial charge in [-0.15, -0.1) is 0 Å². The molecule has 2 aromatic rings. The Labute approximate surface area is 83.5 Å². The lowest BCUT2D eigenvalue weighted by Gasteiger charge is -2.04. The standard InChI is InChI=1S/C12H12N2/c1-2-6-11-7-3-4-8-12(11)14-10-5-9-13-14/h2-10H,1H3/b6-2+. The average Bonchev–Trinajstić information content (AvgIpc) is 2.72. The summed E-state index contributed by atoms with van der Waals surface area (Å²) in [4.78, 5) is 0. The highest BCUT2D eigenvalue weighted by Gasteiger charge is 1.99. The van der Waals surface area contributed by atoms with Gasteiger partial charge in [0.05, 0.1) is 5.69 Å². The summed E-state index contributed by atoms with van der Waals surface area (Å²) < 4.78 is 1.87. The first-order valence-corrected chi connectivity index (χ1v) is 4.63. The largest absolute Gasteiger partial charge is 0.240 e. The number of aromatic nitrogens is 2. The molecule has 2 nitrogen and oxygen atoms in total. The fourth-order valence-corrected chi connectivity index (χ4v) is 1.43. The molecule has 0 aliphatic heterocycles. The van der Waals surface area contributed by atoms with Crippen LogP contribution in [0.15, 0.2) is 48.8 Å². The van der Waals surface area contributed by atoms with Crippen molar-refractivity contribution in [3.05, 3.63) is 54.4 Å². The van der Waals surface area contributed by atoms with Crippen LogP contribution in [-0.2, 0) is 0 Å². The molecule has 0 saturated heterocycles. The fraction of sp³-hybridized carbons (Fsp3) is 0.0833. The molecule has 0 radical (unpaired) electrons. The van der Waals surface area contributed by atoms with E-state index in [-0.39, 0.29) is 0 Å². The minimum absolute atomic E-state index is 1.11. The number of para-hydroxylation sites is 1. The van der Waals surface area contributed by atoms with Crippen LogP contribution in [0.25, 0.3) is 11.8 Å². The molecule has 0 aliphatic carbocycles. The summed E-state index contributed by atoms with van der Waals surface area (Å²) in [5, 5.41) is 4.21. The van der Waals surface area contributed by atoms with Gasteiger partial charge in [0.25, 0.3) is 0 Å². The lowest BCUT2D eigenvalue weighted by atomic mass is 10.1. The summed E-state index contributed by atoms with van der Waals surface area (Å²) in [7, 11) is 0. The highest BCUT2D eigenvalue weighted by Crippen LogP contribution is 2.14. The minimum atomic E-state index is 1.11. The van der Waals surface area contributed by atoms with Crippen LogP contribution < -0.4 is 0 Å². The van der Waals surface area contributed by atoms with E-state index in [9.17, 15) is 0 Å². The monoisotopic (exact) mass is 184 g/mol. The molecule has 1 aromatic carbocycles. The molecule has 0 fully saturated rings. The van der Waals surface area contributed by atoms with E-state index in [2.05, 4.69) is 23.3 Å². The topological polar surface area (TPSA) is 17.8 Å². The predicted molar refractivity (Wildman–Crippen MR) is 58.3 cm³/mol. The molecule has 14 heavy (non-hydrogen) atoms. The van der Waals surface area contributed by atoms with Crippen molar-refractivity contribution < 1.29 is 0 Å². The molecule has 0 unspecified atom stereocenters. The molecule has 1 heterocycles. The van der Waals surface area contributed by atoms with E-state index < -0.39 is 0 Å². The van der Waals surface area contributed by atoms with Crippen LogP contribution in [0.5, 0.6) is 0 Å². The summed E-state index contributed by atoms with van der Waals surface area (Å²) in [6.45, 7) is 2.01. The highest BCUT2D eigenvalue weighted by molar-refractivity contribution is 5.59. The lowest BCUT2D eigenvalue weighted by molar-refractivity contribution is 0.878. The van der Waals surface area contributed by atoms with Gasteiger partial charge in [0.15, 0.2) is 0 Å². The number of hydrogen-bond acceptors (Lipinski definition) is 1. The van der Waals surface area contributed by atoms with Crippen LogP contribution in [0.3, 0.4) is 0 Å². The Kier molecular flexibility index (Phi) is 2.45. The van der Waals surface area contributed by atoms with E-state index in [1.165, 1.54) is 5.56 Å². The first-order chi connectivity index (χ1) is 6.92. The van der Waals surface area contributed by atoms with Gasteiger partial charge < -0.3 is 0 Å². The molecule has 0 aliphatic rings. The molecule has 2 heteroatoms. The quantitative estimate of drug-likeness (QED) is 0.701. The Morgan fingerprint density at radius 2 is 2.07 bits per heavy atom. The molecule has 2 rings (SSSR count). The van der Waals surface area contributed by atoms with Gasteiger partial charge >= 0.3 is 0 Å². The second-order valence-corrected chi connectivity index (χ2v) is 3.01. The first-order valence-electron chi connectivity index (χ1n) is 4.63. The van der Waals surface area contributed by atoms with E-state index in [4.69, 9.17) is 0 Å². The van der Waals surface area contributed by atoms with Gasteiger partial charge in [-0.2, -0.15) is 5.10 Å². The van der Waals surface area contributed by atoms with E-state index in [1.54, 1.807) is 6.20 Å². The molecular formula is C12H12N2. The maximum absolute atomic E-state index is 4.21. The van der Waals surface area contributed by atoms with Crippen molar-refractivity contribution in [2.24, 2.45) is 0 Å². The van der Waals surface area contributed by atoms with Crippen molar-refractivity contribution in [3.63, 3.8) is 0 Å². The van der Waals surface area contributed by atoms with Crippen molar-refractivity contribution in [1.82, 2.24) is 9.78 Å². The van der Waals surface area contributed by atoms with E-state index >= 15 is 0 Å². The zero-order valence-corrected chi connectivity index (χ0v) is 8.09. The van der Waals surface area contributed by atoms with Crippen molar-refractivity contribution in [1.29, 1.82) is 0 Å². The number of allylic oxidation sites excluding steroid dienone is 1. The maximum Gasteiger partial charge on any atom is 0.0717 e. The zero-order chi connectivity index (χ0) is 9.80. The van der Waals surface area contributed by atoms with Gasteiger partial charge in [0.2, 0.25) is 0 Å². The Morgan fingerprint density at radius 3 is 2.79 bits per heavy atom. The SMILES string of the molecule is C/C=C/c1ccccc1-n1cccn1. The van der Waals surface area contributed by atoms with Gasteiger partial charge in [0.1, 0.15) is 0 Å². The van der Waals surface area contributed by atoms with Crippen molar-refractivity contribution in [3.8, 4) is 5.69 Å². The Morgan fingerprint density at radius 1 is 1.21 bits per heavy atom. The van der Waals surface area contributed by atoms with E-state index in [1.807, 2.05) is 42.1 Å². The van der Waals surface area contributed by atoms with Crippen molar-refractivity contribution in [2.45, 2.75) is 6.92 Å². The van der Waals surface area contributed by atoms with Gasteiger partial charge in [-0.3, -0.25) is 0 Å². The van der Waals surface area contributed by atoms with Crippen LogP contribution in [0.2, 0.25) is 0 Å². The molecule has 1 aromatic heterocycles. The number of benzene rings is 1. The molecule has 0 amide bonds. The summed E-state index contributed by atoms with van der Waals surface area (Å²) in [5.74, 6) is 0. The molecule has 0 N–H and O–H groups in total. The molecule has 70 valence electrons. The van der Waals surface area contributed by atoms with E-state index in [0.717, 1.165) is 5.69 Å². The Hall–Kier alpha value is -1.83. The third kappa shape index (κ3) is 1.59. The fourth-order valence-electron chi connectivity index (χ4n) is 1.43. The van der Waals surface area contributed by atoms with E-state index in [0.29, 0.717) is 0 Å². The molecule has 0 atom stereocenters.